The molecular weight excluding hydrogens is 272 g/mol. The third kappa shape index (κ3) is 2.32. The standard InChI is InChI=1S/C12H12O4S2/c13-5-6-16-11(14)12(15,9-3-1-7-17-9)10-4-2-8-18-10/h1-4,7-8,13,15H,5-6H2. The maximum absolute atomic E-state index is 12.1. The zero-order chi connectivity index (χ0) is 13.0. The fourth-order valence-electron chi connectivity index (χ4n) is 1.53. The molecule has 0 amide bonds. The van der Waals surface area contributed by atoms with Gasteiger partial charge in [0.25, 0.3) is 0 Å². The van der Waals surface area contributed by atoms with Gasteiger partial charge in [0.2, 0.25) is 5.60 Å². The van der Waals surface area contributed by atoms with Crippen molar-refractivity contribution >= 4 is 28.6 Å². The van der Waals surface area contributed by atoms with Crippen LogP contribution in [-0.2, 0) is 15.1 Å². The van der Waals surface area contributed by atoms with Crippen molar-refractivity contribution in [2.45, 2.75) is 5.60 Å². The number of carbonyl (C=O) groups excluding carboxylic acids is 1. The summed E-state index contributed by atoms with van der Waals surface area (Å²) in [5, 5.41) is 22.9. The molecule has 0 aliphatic rings. The van der Waals surface area contributed by atoms with Crippen LogP contribution in [0.5, 0.6) is 0 Å². The molecule has 18 heavy (non-hydrogen) atoms. The van der Waals surface area contributed by atoms with Crippen molar-refractivity contribution in [3.8, 4) is 0 Å². The molecule has 0 aromatic carbocycles. The average Bonchev–Trinajstić information content (AvgIpc) is 3.05. The van der Waals surface area contributed by atoms with E-state index in [0.29, 0.717) is 9.75 Å². The lowest BCUT2D eigenvalue weighted by atomic mass is 10.0. The van der Waals surface area contributed by atoms with Gasteiger partial charge >= 0.3 is 5.97 Å². The Labute approximate surface area is 112 Å². The second-order valence-electron chi connectivity index (χ2n) is 3.52. The number of ether oxygens (including phenoxy) is 1. The number of rotatable bonds is 5. The number of carbonyl (C=O) groups is 1. The van der Waals surface area contributed by atoms with Crippen LogP contribution in [0.15, 0.2) is 35.0 Å². The van der Waals surface area contributed by atoms with Crippen LogP contribution < -0.4 is 0 Å². The number of hydrogen-bond donors (Lipinski definition) is 2. The lowest BCUT2D eigenvalue weighted by molar-refractivity contribution is -0.162. The Morgan fingerprint density at radius 1 is 1.22 bits per heavy atom. The molecule has 0 unspecified atom stereocenters. The smallest absolute Gasteiger partial charge is 0.349 e. The molecule has 0 spiro atoms. The molecule has 0 saturated carbocycles. The monoisotopic (exact) mass is 284 g/mol. The van der Waals surface area contributed by atoms with E-state index in [0.717, 1.165) is 0 Å². The van der Waals surface area contributed by atoms with E-state index < -0.39 is 11.6 Å². The van der Waals surface area contributed by atoms with Gasteiger partial charge in [-0.2, -0.15) is 0 Å². The van der Waals surface area contributed by atoms with Gasteiger partial charge in [0.05, 0.1) is 16.4 Å². The highest BCUT2D eigenvalue weighted by atomic mass is 32.1. The summed E-state index contributed by atoms with van der Waals surface area (Å²) in [4.78, 5) is 13.1. The van der Waals surface area contributed by atoms with Crippen LogP contribution in [0.2, 0.25) is 0 Å². The van der Waals surface area contributed by atoms with E-state index in [4.69, 9.17) is 9.84 Å². The van der Waals surface area contributed by atoms with Crippen molar-refractivity contribution < 1.29 is 19.7 Å². The fourth-order valence-corrected chi connectivity index (χ4v) is 3.25. The molecule has 0 saturated heterocycles. The number of thiophene rings is 2. The zero-order valence-corrected chi connectivity index (χ0v) is 11.0. The third-order valence-corrected chi connectivity index (χ3v) is 4.33. The number of hydrogen-bond acceptors (Lipinski definition) is 6. The minimum absolute atomic E-state index is 0.127. The first kappa shape index (κ1) is 13.2. The highest BCUT2D eigenvalue weighted by molar-refractivity contribution is 7.12. The zero-order valence-electron chi connectivity index (χ0n) is 9.41. The predicted octanol–water partition coefficient (Wildman–Crippen LogP) is 1.58. The number of esters is 1. The highest BCUT2D eigenvalue weighted by Crippen LogP contribution is 2.36. The molecule has 0 aliphatic carbocycles. The van der Waals surface area contributed by atoms with E-state index in [1.807, 2.05) is 0 Å². The summed E-state index contributed by atoms with van der Waals surface area (Å²) in [6.07, 6.45) is 0. The van der Waals surface area contributed by atoms with Gasteiger partial charge in [-0.25, -0.2) is 4.79 Å². The lowest BCUT2D eigenvalue weighted by Gasteiger charge is -2.23. The van der Waals surface area contributed by atoms with E-state index >= 15 is 0 Å². The maximum Gasteiger partial charge on any atom is 0.349 e. The van der Waals surface area contributed by atoms with Crippen LogP contribution in [0.1, 0.15) is 9.75 Å². The van der Waals surface area contributed by atoms with Gasteiger partial charge in [-0.15, -0.1) is 22.7 Å². The van der Waals surface area contributed by atoms with E-state index in [2.05, 4.69) is 0 Å². The normalized spacial score (nSPS) is 11.4. The summed E-state index contributed by atoms with van der Waals surface area (Å²) in [5.74, 6) is -0.763. The number of aliphatic hydroxyl groups is 2. The Hall–Kier alpha value is -1.21. The van der Waals surface area contributed by atoms with Crippen molar-refractivity contribution in [1.29, 1.82) is 0 Å². The largest absolute Gasteiger partial charge is 0.461 e. The minimum Gasteiger partial charge on any atom is -0.461 e. The summed E-state index contributed by atoms with van der Waals surface area (Å²) >= 11 is 2.57. The molecule has 0 aliphatic heterocycles. The van der Waals surface area contributed by atoms with Gasteiger partial charge in [-0.05, 0) is 22.9 Å². The van der Waals surface area contributed by atoms with Crippen LogP contribution in [-0.4, -0.2) is 29.4 Å². The van der Waals surface area contributed by atoms with Crippen molar-refractivity contribution in [2.75, 3.05) is 13.2 Å². The molecule has 0 fully saturated rings. The molecule has 96 valence electrons. The quantitative estimate of drug-likeness (QED) is 0.818. The molecule has 0 atom stereocenters. The summed E-state index contributed by atoms with van der Waals surface area (Å²) in [5.41, 5.74) is -1.78. The number of aliphatic hydroxyl groups excluding tert-OH is 1. The van der Waals surface area contributed by atoms with Crippen LogP contribution in [0.3, 0.4) is 0 Å². The first-order valence-electron chi connectivity index (χ1n) is 5.28. The topological polar surface area (TPSA) is 66.8 Å². The van der Waals surface area contributed by atoms with Crippen molar-refractivity contribution in [2.24, 2.45) is 0 Å². The summed E-state index contributed by atoms with van der Waals surface area (Å²) in [7, 11) is 0. The van der Waals surface area contributed by atoms with Gasteiger partial charge in [0.1, 0.15) is 6.61 Å². The van der Waals surface area contributed by atoms with Crippen LogP contribution in [0.25, 0.3) is 0 Å². The molecule has 0 bridgehead atoms. The second kappa shape index (κ2) is 5.62. The van der Waals surface area contributed by atoms with Gasteiger partial charge in [-0.1, -0.05) is 12.1 Å². The molecular formula is C12H12O4S2. The molecule has 0 radical (unpaired) electrons. The first-order valence-corrected chi connectivity index (χ1v) is 7.04. The van der Waals surface area contributed by atoms with Crippen LogP contribution >= 0.6 is 22.7 Å². The molecule has 2 N–H and O–H groups in total. The van der Waals surface area contributed by atoms with Gasteiger partial charge in [0.15, 0.2) is 0 Å². The Morgan fingerprint density at radius 2 is 1.78 bits per heavy atom. The Morgan fingerprint density at radius 3 is 2.17 bits per heavy atom. The Balaban J connectivity index is 2.38. The van der Waals surface area contributed by atoms with E-state index in [1.54, 1.807) is 35.0 Å². The van der Waals surface area contributed by atoms with E-state index in [-0.39, 0.29) is 13.2 Å². The summed E-state index contributed by atoms with van der Waals surface area (Å²) < 4.78 is 4.88. The fraction of sp³-hybridized carbons (Fsp3) is 0.250. The van der Waals surface area contributed by atoms with E-state index in [1.165, 1.54) is 22.7 Å². The van der Waals surface area contributed by atoms with Gasteiger partial charge < -0.3 is 14.9 Å². The van der Waals surface area contributed by atoms with E-state index in [9.17, 15) is 9.90 Å². The lowest BCUT2D eigenvalue weighted by Crippen LogP contribution is -2.37. The SMILES string of the molecule is O=C(OCCO)C(O)(c1cccs1)c1cccs1. The van der Waals surface area contributed by atoms with Crippen LogP contribution in [0, 0.1) is 0 Å². The van der Waals surface area contributed by atoms with Gasteiger partial charge in [-0.3, -0.25) is 0 Å². The van der Waals surface area contributed by atoms with Crippen molar-refractivity contribution in [3.63, 3.8) is 0 Å². The van der Waals surface area contributed by atoms with Crippen LogP contribution in [0.4, 0.5) is 0 Å². The summed E-state index contributed by atoms with van der Waals surface area (Å²) in [6.45, 7) is -0.394. The first-order chi connectivity index (χ1) is 8.69. The maximum atomic E-state index is 12.1. The molecule has 4 nitrogen and oxygen atoms in total. The van der Waals surface area contributed by atoms with Crippen molar-refractivity contribution in [3.05, 3.63) is 44.8 Å². The summed E-state index contributed by atoms with van der Waals surface area (Å²) in [6, 6.07) is 6.89. The van der Waals surface area contributed by atoms with Gasteiger partial charge in [0, 0.05) is 0 Å². The average molecular weight is 284 g/mol. The van der Waals surface area contributed by atoms with Crippen molar-refractivity contribution in [1.82, 2.24) is 0 Å². The Bertz CT molecular complexity index is 456. The third-order valence-electron chi connectivity index (χ3n) is 2.38. The highest BCUT2D eigenvalue weighted by Gasteiger charge is 2.43. The molecule has 2 rings (SSSR count). The molecule has 2 aromatic heterocycles. The molecule has 2 heterocycles. The molecule has 6 heteroatoms. The Kier molecular flexibility index (Phi) is 4.13. The minimum atomic E-state index is -1.78. The molecule has 2 aromatic rings. The second-order valence-corrected chi connectivity index (χ2v) is 5.42. The predicted molar refractivity (Wildman–Crippen MR) is 69.7 cm³/mol.